The number of hydrogen-bond donors (Lipinski definition) is 1. The van der Waals surface area contributed by atoms with Gasteiger partial charge in [-0.3, -0.25) is 14.2 Å². The molecule has 1 aromatic carbocycles. The highest BCUT2D eigenvalue weighted by atomic mass is 79.9. The zero-order valence-corrected chi connectivity index (χ0v) is 18.0. The van der Waals surface area contributed by atoms with E-state index in [2.05, 4.69) is 36.3 Å². The van der Waals surface area contributed by atoms with Crippen molar-refractivity contribution >= 4 is 38.4 Å². The first-order valence-corrected chi connectivity index (χ1v) is 10.1. The Kier molecular flexibility index (Phi) is 5.45. The maximum Gasteiger partial charge on any atom is 0.261 e. The molecule has 3 aromatic heterocycles. The molecule has 30 heavy (non-hydrogen) atoms. The largest absolute Gasteiger partial charge is 0.325 e. The van der Waals surface area contributed by atoms with Crippen molar-refractivity contribution in [3.8, 4) is 5.82 Å². The fourth-order valence-corrected chi connectivity index (χ4v) is 3.54. The van der Waals surface area contributed by atoms with E-state index in [9.17, 15) is 9.59 Å². The Morgan fingerprint density at radius 3 is 2.67 bits per heavy atom. The van der Waals surface area contributed by atoms with Crippen LogP contribution in [0.3, 0.4) is 0 Å². The Morgan fingerprint density at radius 1 is 1.13 bits per heavy atom. The molecule has 8 nitrogen and oxygen atoms in total. The van der Waals surface area contributed by atoms with Crippen LogP contribution in [0.5, 0.6) is 0 Å². The first kappa shape index (κ1) is 20.0. The maximum absolute atomic E-state index is 12.6. The lowest BCUT2D eigenvalue weighted by Gasteiger charge is -2.09. The Bertz CT molecular complexity index is 1290. The molecule has 0 bridgehead atoms. The van der Waals surface area contributed by atoms with Gasteiger partial charge >= 0.3 is 0 Å². The molecule has 9 heteroatoms. The summed E-state index contributed by atoms with van der Waals surface area (Å²) < 4.78 is 4.00. The predicted molar refractivity (Wildman–Crippen MR) is 118 cm³/mol. The molecule has 0 aliphatic carbocycles. The van der Waals surface area contributed by atoms with Crippen LogP contribution in [0.15, 0.2) is 58.2 Å². The topological polar surface area (TPSA) is 94.7 Å². The Hall–Kier alpha value is -3.33. The molecule has 0 aliphatic heterocycles. The van der Waals surface area contributed by atoms with E-state index in [-0.39, 0.29) is 24.4 Å². The van der Waals surface area contributed by atoms with Crippen LogP contribution < -0.4 is 10.9 Å². The molecular formula is C21H19BrN6O2. The zero-order chi connectivity index (χ0) is 21.3. The monoisotopic (exact) mass is 466 g/mol. The van der Waals surface area contributed by atoms with Gasteiger partial charge in [0, 0.05) is 23.1 Å². The normalized spacial score (nSPS) is 11.0. The van der Waals surface area contributed by atoms with Gasteiger partial charge in [-0.15, -0.1) is 0 Å². The molecule has 0 spiro atoms. The van der Waals surface area contributed by atoms with Crippen LogP contribution >= 0.6 is 15.9 Å². The van der Waals surface area contributed by atoms with Crippen molar-refractivity contribution in [2.75, 3.05) is 5.32 Å². The molecule has 0 atom stereocenters. The van der Waals surface area contributed by atoms with Gasteiger partial charge in [-0.1, -0.05) is 15.9 Å². The number of halogens is 1. The molecule has 0 fully saturated rings. The molecule has 1 amide bonds. The summed E-state index contributed by atoms with van der Waals surface area (Å²) in [5.41, 5.74) is 2.93. The van der Waals surface area contributed by atoms with Crippen LogP contribution in [-0.2, 0) is 11.3 Å². The van der Waals surface area contributed by atoms with Crippen LogP contribution in [0, 0.1) is 13.8 Å². The first-order chi connectivity index (χ1) is 14.4. The summed E-state index contributed by atoms with van der Waals surface area (Å²) in [4.78, 5) is 33.6. The van der Waals surface area contributed by atoms with Gasteiger partial charge in [0.15, 0.2) is 5.82 Å². The number of nitrogens with zero attached hydrogens (tertiary/aromatic N) is 5. The van der Waals surface area contributed by atoms with E-state index < -0.39 is 0 Å². The number of pyridine rings is 1. The van der Waals surface area contributed by atoms with Gasteiger partial charge in [0.1, 0.15) is 0 Å². The number of carbonyl (C=O) groups excluding carboxylic acids is 1. The number of carbonyl (C=O) groups is 1. The fourth-order valence-electron chi connectivity index (χ4n) is 3.18. The Morgan fingerprint density at radius 2 is 1.97 bits per heavy atom. The van der Waals surface area contributed by atoms with E-state index in [1.807, 2.05) is 26.0 Å². The summed E-state index contributed by atoms with van der Waals surface area (Å²) in [7, 11) is 0. The Labute approximate surface area is 180 Å². The highest BCUT2D eigenvalue weighted by molar-refractivity contribution is 9.10. The molecule has 0 saturated carbocycles. The summed E-state index contributed by atoms with van der Waals surface area (Å²) in [6.45, 7) is 4.12. The summed E-state index contributed by atoms with van der Waals surface area (Å²) in [5.74, 6) is 0.468. The van der Waals surface area contributed by atoms with Gasteiger partial charge in [0.05, 0.1) is 34.8 Å². The van der Waals surface area contributed by atoms with Crippen molar-refractivity contribution in [2.24, 2.45) is 0 Å². The van der Waals surface area contributed by atoms with Crippen LogP contribution in [0.2, 0.25) is 0 Å². The average molecular weight is 467 g/mol. The van der Waals surface area contributed by atoms with Gasteiger partial charge in [-0.25, -0.2) is 14.6 Å². The number of benzene rings is 1. The fraction of sp³-hybridized carbons (Fsp3) is 0.190. The lowest BCUT2D eigenvalue weighted by molar-refractivity contribution is -0.116. The van der Waals surface area contributed by atoms with Gasteiger partial charge in [-0.2, -0.15) is 5.10 Å². The smallest absolute Gasteiger partial charge is 0.261 e. The van der Waals surface area contributed by atoms with Crippen molar-refractivity contribution in [3.05, 3.63) is 75.1 Å². The maximum atomic E-state index is 12.6. The number of fused-ring (bicyclic) bond motifs is 1. The standard InChI is InChI=1S/C21H19BrN6O2/c1-13-9-14(2)28(26-13)19-6-4-16(11-23-19)25-20(29)7-8-27-12-24-18-5-3-15(22)10-17(18)21(27)30/h3-6,9-12H,7-8H2,1-2H3,(H,25,29). The molecule has 152 valence electrons. The SMILES string of the molecule is Cc1cc(C)n(-c2ccc(NC(=O)CCn3cnc4ccc(Br)cc4c3=O)cn2)n1. The highest BCUT2D eigenvalue weighted by Gasteiger charge is 2.09. The van der Waals surface area contributed by atoms with Gasteiger partial charge in [0.2, 0.25) is 5.91 Å². The third-order valence-corrected chi connectivity index (χ3v) is 5.12. The van der Waals surface area contributed by atoms with Crippen molar-refractivity contribution in [1.82, 2.24) is 24.3 Å². The summed E-state index contributed by atoms with van der Waals surface area (Å²) >= 11 is 3.36. The summed E-state index contributed by atoms with van der Waals surface area (Å²) in [6.07, 6.45) is 3.20. The zero-order valence-electron chi connectivity index (χ0n) is 16.5. The number of hydrogen-bond acceptors (Lipinski definition) is 5. The van der Waals surface area contributed by atoms with Crippen LogP contribution in [0.1, 0.15) is 17.8 Å². The molecule has 4 aromatic rings. The van der Waals surface area contributed by atoms with Gasteiger partial charge < -0.3 is 5.32 Å². The van der Waals surface area contributed by atoms with Gasteiger partial charge in [-0.05, 0) is 50.2 Å². The number of anilines is 1. The van der Waals surface area contributed by atoms with E-state index in [1.54, 1.807) is 35.1 Å². The molecule has 0 radical (unpaired) electrons. The number of aryl methyl sites for hydroxylation is 3. The number of rotatable bonds is 5. The molecule has 3 heterocycles. The number of nitrogens with one attached hydrogen (secondary N) is 1. The molecule has 0 unspecified atom stereocenters. The van der Waals surface area contributed by atoms with Crippen LogP contribution in [0.4, 0.5) is 5.69 Å². The van der Waals surface area contributed by atoms with Crippen LogP contribution in [0.25, 0.3) is 16.7 Å². The van der Waals surface area contributed by atoms with Crippen LogP contribution in [-0.4, -0.2) is 30.2 Å². The minimum absolute atomic E-state index is 0.139. The second-order valence-corrected chi connectivity index (χ2v) is 7.86. The third-order valence-electron chi connectivity index (χ3n) is 4.62. The number of amides is 1. The predicted octanol–water partition coefficient (Wildman–Crippen LogP) is 3.39. The van der Waals surface area contributed by atoms with Crippen molar-refractivity contribution in [3.63, 3.8) is 0 Å². The lowest BCUT2D eigenvalue weighted by atomic mass is 10.2. The number of aromatic nitrogens is 5. The average Bonchev–Trinajstić information content (AvgIpc) is 3.06. The second-order valence-electron chi connectivity index (χ2n) is 6.95. The minimum Gasteiger partial charge on any atom is -0.325 e. The quantitative estimate of drug-likeness (QED) is 0.486. The van der Waals surface area contributed by atoms with E-state index in [0.29, 0.717) is 22.4 Å². The van der Waals surface area contributed by atoms with E-state index in [0.717, 1.165) is 15.9 Å². The first-order valence-electron chi connectivity index (χ1n) is 9.35. The Balaban J connectivity index is 1.42. The summed E-state index contributed by atoms with van der Waals surface area (Å²) in [5, 5.41) is 7.71. The minimum atomic E-state index is -0.211. The third kappa shape index (κ3) is 4.16. The summed E-state index contributed by atoms with van der Waals surface area (Å²) in [6, 6.07) is 10.9. The van der Waals surface area contributed by atoms with Crippen molar-refractivity contribution in [2.45, 2.75) is 26.8 Å². The molecule has 0 aliphatic rings. The second kappa shape index (κ2) is 8.19. The highest BCUT2D eigenvalue weighted by Crippen LogP contribution is 2.15. The molecule has 4 rings (SSSR count). The molecular weight excluding hydrogens is 448 g/mol. The molecule has 0 saturated heterocycles. The van der Waals surface area contributed by atoms with E-state index >= 15 is 0 Å². The molecule has 1 N–H and O–H groups in total. The van der Waals surface area contributed by atoms with Gasteiger partial charge in [0.25, 0.3) is 5.56 Å². The van der Waals surface area contributed by atoms with E-state index in [4.69, 9.17) is 0 Å². The van der Waals surface area contributed by atoms with E-state index in [1.165, 1.54) is 10.9 Å². The lowest BCUT2D eigenvalue weighted by Crippen LogP contribution is -2.23. The van der Waals surface area contributed by atoms with Crippen molar-refractivity contribution < 1.29 is 4.79 Å². The van der Waals surface area contributed by atoms with Crippen molar-refractivity contribution in [1.29, 1.82) is 0 Å².